The Hall–Kier alpha value is -2.64. The molecule has 0 bridgehead atoms. The number of ether oxygens (including phenoxy) is 1. The van der Waals surface area contributed by atoms with Gasteiger partial charge in [0.25, 0.3) is 5.56 Å². The van der Waals surface area contributed by atoms with Gasteiger partial charge in [-0.15, -0.1) is 0 Å². The number of hydrogen-bond donors (Lipinski definition) is 3. The second-order valence-corrected chi connectivity index (χ2v) is 7.16. The van der Waals surface area contributed by atoms with Crippen LogP contribution < -0.4 is 26.5 Å². The van der Waals surface area contributed by atoms with Gasteiger partial charge in [0, 0.05) is 17.3 Å². The second kappa shape index (κ2) is 7.54. The molecule has 1 aromatic carbocycles. The molecule has 0 saturated carbocycles. The van der Waals surface area contributed by atoms with Crippen LogP contribution in [0.4, 0.5) is 5.69 Å². The highest BCUT2D eigenvalue weighted by Crippen LogP contribution is 2.40. The molecule has 0 spiro atoms. The predicted octanol–water partition coefficient (Wildman–Crippen LogP) is 4.02. The smallest absolute Gasteiger partial charge is 0.251 e. The van der Waals surface area contributed by atoms with Gasteiger partial charge in [0.15, 0.2) is 5.75 Å². The molecule has 142 valence electrons. The summed E-state index contributed by atoms with van der Waals surface area (Å²) in [5.41, 5.74) is 10.5. The van der Waals surface area contributed by atoms with Crippen molar-refractivity contribution in [3.8, 4) is 11.5 Å². The predicted molar refractivity (Wildman–Crippen MR) is 109 cm³/mol. The highest BCUT2D eigenvalue weighted by atomic mass is 35.5. The van der Waals surface area contributed by atoms with Crippen LogP contribution in [0.5, 0.6) is 11.5 Å². The number of hydrogen-bond acceptors (Lipinski definition) is 6. The Labute approximate surface area is 166 Å². The molecule has 0 saturated heterocycles. The molecule has 27 heavy (non-hydrogen) atoms. The van der Waals surface area contributed by atoms with Crippen molar-refractivity contribution < 1.29 is 4.74 Å². The van der Waals surface area contributed by atoms with Crippen LogP contribution >= 0.6 is 23.2 Å². The number of halogens is 2. The zero-order valence-electron chi connectivity index (χ0n) is 15.0. The lowest BCUT2D eigenvalue weighted by molar-refractivity contribution is 0.474. The lowest BCUT2D eigenvalue weighted by atomic mass is 10.00. The first-order chi connectivity index (χ1) is 12.8. The average molecular weight is 408 g/mol. The monoisotopic (exact) mass is 407 g/mol. The summed E-state index contributed by atoms with van der Waals surface area (Å²) in [6.07, 6.45) is 4.54. The van der Waals surface area contributed by atoms with Gasteiger partial charge in [-0.05, 0) is 25.0 Å². The summed E-state index contributed by atoms with van der Waals surface area (Å²) in [5.74, 6) is 1.22. The fourth-order valence-electron chi connectivity index (χ4n) is 2.82. The largest absolute Gasteiger partial charge is 0.452 e. The molecule has 1 aromatic heterocycles. The summed E-state index contributed by atoms with van der Waals surface area (Å²) in [5, 5.41) is 2.19. The van der Waals surface area contributed by atoms with E-state index in [-0.39, 0.29) is 11.5 Å². The molecular formula is C18H19Cl2N5O2. The van der Waals surface area contributed by atoms with Crippen molar-refractivity contribution in [2.45, 2.75) is 26.7 Å². The molecule has 2 heterocycles. The highest BCUT2D eigenvalue weighted by Gasteiger charge is 2.18. The summed E-state index contributed by atoms with van der Waals surface area (Å²) in [6, 6.07) is 3.34. The first kappa shape index (κ1) is 19.1. The van der Waals surface area contributed by atoms with Crippen LogP contribution in [0, 0.1) is 6.92 Å². The Morgan fingerprint density at radius 2 is 1.93 bits per heavy atom. The minimum Gasteiger partial charge on any atom is -0.452 e. The van der Waals surface area contributed by atoms with Crippen LogP contribution in [0.25, 0.3) is 0 Å². The molecule has 0 fully saturated rings. The molecule has 0 aliphatic carbocycles. The number of nitrogens with zero attached hydrogens (tertiary/aromatic N) is 2. The molecule has 1 aliphatic heterocycles. The van der Waals surface area contributed by atoms with Crippen molar-refractivity contribution in [3.05, 3.63) is 61.9 Å². The van der Waals surface area contributed by atoms with Crippen molar-refractivity contribution in [2.75, 3.05) is 5.01 Å². The maximum absolute atomic E-state index is 12.1. The van der Waals surface area contributed by atoms with E-state index in [0.29, 0.717) is 38.6 Å². The lowest BCUT2D eigenvalue weighted by Crippen LogP contribution is -2.40. The van der Waals surface area contributed by atoms with Crippen LogP contribution in [0.2, 0.25) is 10.0 Å². The molecule has 7 nitrogen and oxygen atoms in total. The summed E-state index contributed by atoms with van der Waals surface area (Å²) < 4.78 is 5.94. The Kier molecular flexibility index (Phi) is 5.34. The minimum absolute atomic E-state index is 0.0496. The number of rotatable bonds is 4. The number of benzene rings is 1. The van der Waals surface area contributed by atoms with Crippen molar-refractivity contribution >= 4 is 35.2 Å². The van der Waals surface area contributed by atoms with Crippen molar-refractivity contribution in [2.24, 2.45) is 10.7 Å². The second-order valence-electron chi connectivity index (χ2n) is 6.35. The van der Waals surface area contributed by atoms with E-state index in [9.17, 15) is 4.79 Å². The Bertz CT molecular complexity index is 975. The zero-order valence-corrected chi connectivity index (χ0v) is 16.5. The molecular weight excluding hydrogens is 389 g/mol. The number of anilines is 1. The van der Waals surface area contributed by atoms with Gasteiger partial charge in [-0.2, -0.15) is 0 Å². The van der Waals surface area contributed by atoms with Gasteiger partial charge < -0.3 is 15.5 Å². The van der Waals surface area contributed by atoms with Crippen molar-refractivity contribution in [1.82, 2.24) is 10.4 Å². The average Bonchev–Trinajstić information content (AvgIpc) is 2.59. The highest BCUT2D eigenvalue weighted by molar-refractivity contribution is 6.37. The SMILES string of the molecule is Cc1c(Oc2c(Cl)cc(N3C=NC=C(N)N3)cc2Cl)c[nH]c(=O)c1C(C)C. The maximum atomic E-state index is 12.1. The molecule has 4 N–H and O–H groups in total. The molecule has 3 rings (SSSR count). The molecule has 1 aliphatic rings. The number of H-pyrrole nitrogens is 1. The minimum atomic E-state index is -0.136. The molecule has 0 radical (unpaired) electrons. The van der Waals surface area contributed by atoms with Gasteiger partial charge >= 0.3 is 0 Å². The third kappa shape index (κ3) is 3.89. The van der Waals surface area contributed by atoms with Gasteiger partial charge in [0.05, 0.1) is 21.9 Å². The summed E-state index contributed by atoms with van der Waals surface area (Å²) >= 11 is 12.8. The third-order valence-electron chi connectivity index (χ3n) is 4.05. The number of pyridine rings is 1. The standard InChI is InChI=1S/C18H19Cl2N5O2/c1-9(2)16-10(3)14(6-23-18(16)26)27-17-12(19)4-11(5-13(17)20)25-8-22-7-15(21)24-25/h4-9,24H,21H2,1-3H3,(H,23,26). The number of nitrogens with two attached hydrogens (primary N) is 1. The topological polar surface area (TPSA) is 95.7 Å². The van der Waals surface area contributed by atoms with Gasteiger partial charge in [-0.3, -0.25) is 10.2 Å². The molecule has 0 unspecified atom stereocenters. The molecule has 0 amide bonds. The number of aromatic nitrogens is 1. The van der Waals surface area contributed by atoms with Gasteiger partial charge in [0.1, 0.15) is 17.9 Å². The molecule has 0 atom stereocenters. The van der Waals surface area contributed by atoms with Crippen molar-refractivity contribution in [1.29, 1.82) is 0 Å². The number of aliphatic imine (C=N–C) groups is 1. The zero-order chi connectivity index (χ0) is 19.7. The van der Waals surface area contributed by atoms with E-state index in [1.54, 1.807) is 23.5 Å². The van der Waals surface area contributed by atoms with Gasteiger partial charge in [0.2, 0.25) is 0 Å². The number of nitrogens with one attached hydrogen (secondary N) is 2. The number of hydrazine groups is 1. The summed E-state index contributed by atoms with van der Waals surface area (Å²) in [7, 11) is 0. The maximum Gasteiger partial charge on any atom is 0.251 e. The van der Waals surface area contributed by atoms with Gasteiger partial charge in [-0.25, -0.2) is 10.0 Å². The normalized spacial score (nSPS) is 13.6. The quantitative estimate of drug-likeness (QED) is 0.711. The Morgan fingerprint density at radius 3 is 2.52 bits per heavy atom. The molecule has 9 heteroatoms. The van der Waals surface area contributed by atoms with Crippen molar-refractivity contribution in [3.63, 3.8) is 0 Å². The fourth-order valence-corrected chi connectivity index (χ4v) is 3.38. The summed E-state index contributed by atoms with van der Waals surface area (Å²) in [4.78, 5) is 18.8. The van der Waals surface area contributed by atoms with E-state index in [4.69, 9.17) is 33.7 Å². The third-order valence-corrected chi connectivity index (χ3v) is 4.61. The van der Waals surface area contributed by atoms with Gasteiger partial charge in [-0.1, -0.05) is 37.0 Å². The van der Waals surface area contributed by atoms with E-state index < -0.39 is 0 Å². The van der Waals surface area contributed by atoms with E-state index in [2.05, 4.69) is 15.4 Å². The molecule has 2 aromatic rings. The van der Waals surface area contributed by atoms with E-state index in [0.717, 1.165) is 5.56 Å². The summed E-state index contributed by atoms with van der Waals surface area (Å²) in [6.45, 7) is 5.73. The number of aromatic amines is 1. The first-order valence-corrected chi connectivity index (χ1v) is 8.97. The van der Waals surface area contributed by atoms with E-state index in [1.165, 1.54) is 12.4 Å². The lowest BCUT2D eigenvalue weighted by Gasteiger charge is -2.24. The van der Waals surface area contributed by atoms with E-state index >= 15 is 0 Å². The van der Waals surface area contributed by atoms with E-state index in [1.807, 2.05) is 20.8 Å². The Morgan fingerprint density at radius 1 is 1.26 bits per heavy atom. The Balaban J connectivity index is 1.95. The van der Waals surface area contributed by atoms with Crippen LogP contribution in [0.15, 0.2) is 40.1 Å². The fraction of sp³-hybridized carbons (Fsp3) is 0.222. The van der Waals surface area contributed by atoms with Crippen LogP contribution in [-0.4, -0.2) is 11.3 Å². The van der Waals surface area contributed by atoms with Crippen LogP contribution in [0.1, 0.15) is 30.9 Å². The first-order valence-electron chi connectivity index (χ1n) is 8.21. The van der Waals surface area contributed by atoms with Crippen LogP contribution in [-0.2, 0) is 0 Å². The van der Waals surface area contributed by atoms with Crippen LogP contribution in [0.3, 0.4) is 0 Å².